The van der Waals surface area contributed by atoms with Crippen LogP contribution in [-0.2, 0) is 11.0 Å². The van der Waals surface area contributed by atoms with E-state index in [9.17, 15) is 27.9 Å². The van der Waals surface area contributed by atoms with Crippen molar-refractivity contribution in [3.8, 4) is 0 Å². The van der Waals surface area contributed by atoms with E-state index in [1.165, 1.54) is 6.08 Å². The summed E-state index contributed by atoms with van der Waals surface area (Å²) in [6.07, 6.45) is -4.81. The summed E-state index contributed by atoms with van der Waals surface area (Å²) >= 11 is 4.81. The van der Waals surface area contributed by atoms with Crippen LogP contribution in [-0.4, -0.2) is 27.8 Å². The monoisotopic (exact) mass is 387 g/mol. The van der Waals surface area contributed by atoms with Gasteiger partial charge in [-0.05, 0) is 51.2 Å². The summed E-state index contributed by atoms with van der Waals surface area (Å²) in [4.78, 5) is 24.3. The summed E-state index contributed by atoms with van der Waals surface area (Å²) in [5, 5.41) is 14.5. The molecule has 1 aromatic carbocycles. The quantitative estimate of drug-likeness (QED) is 0.536. The highest BCUT2D eigenvalue weighted by Gasteiger charge is 2.35. The van der Waals surface area contributed by atoms with Gasteiger partial charge in [0.1, 0.15) is 5.70 Å². The fraction of sp³-hybridized carbons (Fsp3) is 0.312. The first-order valence-electron chi connectivity index (χ1n) is 7.39. The van der Waals surface area contributed by atoms with Crippen molar-refractivity contribution in [3.63, 3.8) is 0 Å². The number of carboxylic acid groups (broad SMARTS) is 1. The molecule has 2 amide bonds. The Kier molecular flexibility index (Phi) is 5.00. The number of anilines is 1. The van der Waals surface area contributed by atoms with E-state index in [4.69, 9.17) is 12.2 Å². The smallest absolute Gasteiger partial charge is 0.416 e. The number of benzene rings is 1. The fourth-order valence-electron chi connectivity index (χ4n) is 2.42. The second-order valence-electron chi connectivity index (χ2n) is 6.53. The Bertz CT molecular complexity index is 813. The summed E-state index contributed by atoms with van der Waals surface area (Å²) in [5.74, 6) is -0.557. The molecule has 0 aromatic heterocycles. The summed E-state index contributed by atoms with van der Waals surface area (Å²) in [7, 11) is 0. The molecule has 1 aliphatic heterocycles. The van der Waals surface area contributed by atoms with Gasteiger partial charge in [0.05, 0.1) is 11.3 Å². The van der Waals surface area contributed by atoms with Crippen molar-refractivity contribution in [2.45, 2.75) is 32.5 Å². The van der Waals surface area contributed by atoms with Crippen LogP contribution in [0.1, 0.15) is 31.9 Å². The van der Waals surface area contributed by atoms with Crippen LogP contribution in [0.5, 0.6) is 0 Å². The van der Waals surface area contributed by atoms with Crippen molar-refractivity contribution in [1.82, 2.24) is 10.6 Å². The van der Waals surface area contributed by atoms with Gasteiger partial charge in [-0.2, -0.15) is 13.2 Å². The Morgan fingerprint density at radius 2 is 1.85 bits per heavy atom. The Balaban J connectivity index is 2.69. The van der Waals surface area contributed by atoms with Gasteiger partial charge in [0, 0.05) is 11.1 Å². The third-order valence-corrected chi connectivity index (χ3v) is 3.68. The van der Waals surface area contributed by atoms with Crippen LogP contribution >= 0.6 is 12.2 Å². The van der Waals surface area contributed by atoms with Gasteiger partial charge < -0.3 is 10.4 Å². The van der Waals surface area contributed by atoms with Crippen LogP contribution in [0.25, 0.3) is 6.08 Å². The standard InChI is InChI=1S/C16H16F3N3O3S/c1-15(2,3)22(14(24)25)11-7-9(16(17,18)19)5-4-8(11)6-10-12(23)21-13(26)20-10/h4-7H,1-3H3,(H,24,25)(H2,20,21,23,26). The molecule has 6 nitrogen and oxygen atoms in total. The Morgan fingerprint density at radius 3 is 2.27 bits per heavy atom. The maximum absolute atomic E-state index is 13.1. The van der Waals surface area contributed by atoms with Gasteiger partial charge in [-0.1, -0.05) is 6.07 Å². The summed E-state index contributed by atoms with van der Waals surface area (Å²) < 4.78 is 39.3. The number of hydrogen-bond acceptors (Lipinski definition) is 3. The Morgan fingerprint density at radius 1 is 1.23 bits per heavy atom. The average Bonchev–Trinajstić information content (AvgIpc) is 2.75. The molecular formula is C16H16F3N3O3S. The minimum atomic E-state index is -4.65. The molecule has 0 aliphatic carbocycles. The molecule has 0 bridgehead atoms. The number of alkyl halides is 3. The molecule has 1 fully saturated rings. The van der Waals surface area contributed by atoms with Gasteiger partial charge in [0.25, 0.3) is 5.91 Å². The number of nitrogens with zero attached hydrogens (tertiary/aromatic N) is 1. The molecule has 26 heavy (non-hydrogen) atoms. The van der Waals surface area contributed by atoms with E-state index >= 15 is 0 Å². The second kappa shape index (κ2) is 6.60. The minimum absolute atomic E-state index is 0.00950. The van der Waals surface area contributed by atoms with Gasteiger partial charge in [0.2, 0.25) is 0 Å². The van der Waals surface area contributed by atoms with Crippen LogP contribution in [0.3, 0.4) is 0 Å². The van der Waals surface area contributed by atoms with E-state index in [1.807, 2.05) is 0 Å². The van der Waals surface area contributed by atoms with Crippen molar-refractivity contribution in [1.29, 1.82) is 0 Å². The minimum Gasteiger partial charge on any atom is -0.465 e. The lowest BCUT2D eigenvalue weighted by Crippen LogP contribution is -2.45. The lowest BCUT2D eigenvalue weighted by Gasteiger charge is -2.34. The molecule has 1 saturated heterocycles. The highest BCUT2D eigenvalue weighted by molar-refractivity contribution is 7.80. The molecular weight excluding hydrogens is 371 g/mol. The molecule has 0 radical (unpaired) electrons. The lowest BCUT2D eigenvalue weighted by molar-refractivity contribution is -0.137. The van der Waals surface area contributed by atoms with Gasteiger partial charge in [-0.15, -0.1) is 0 Å². The summed E-state index contributed by atoms with van der Waals surface area (Å²) in [5.41, 5.74) is -2.08. The van der Waals surface area contributed by atoms with Crippen molar-refractivity contribution < 1.29 is 27.9 Å². The maximum Gasteiger partial charge on any atom is 0.416 e. The normalized spacial score (nSPS) is 16.5. The van der Waals surface area contributed by atoms with Crippen LogP contribution in [0, 0.1) is 0 Å². The number of carbonyl (C=O) groups excluding carboxylic acids is 1. The zero-order valence-corrected chi connectivity index (χ0v) is 14.9. The number of nitrogens with one attached hydrogen (secondary N) is 2. The third-order valence-electron chi connectivity index (χ3n) is 3.48. The molecule has 0 spiro atoms. The number of carbonyl (C=O) groups is 2. The lowest BCUT2D eigenvalue weighted by atomic mass is 10.0. The predicted molar refractivity (Wildman–Crippen MR) is 93.6 cm³/mol. The third kappa shape index (κ3) is 4.13. The van der Waals surface area contributed by atoms with E-state index in [-0.39, 0.29) is 22.1 Å². The largest absolute Gasteiger partial charge is 0.465 e. The topological polar surface area (TPSA) is 81.7 Å². The van der Waals surface area contributed by atoms with E-state index in [2.05, 4.69) is 10.6 Å². The fourth-order valence-corrected chi connectivity index (χ4v) is 2.63. The van der Waals surface area contributed by atoms with Crippen molar-refractivity contribution >= 4 is 41.1 Å². The first kappa shape index (κ1) is 19.7. The summed E-state index contributed by atoms with van der Waals surface area (Å²) in [6.45, 7) is 4.65. The number of hydrogen-bond donors (Lipinski definition) is 3. The zero-order valence-electron chi connectivity index (χ0n) is 14.1. The number of halogens is 3. The van der Waals surface area contributed by atoms with Crippen molar-refractivity contribution in [2.75, 3.05) is 4.90 Å². The molecule has 2 rings (SSSR count). The number of thiocarbonyl (C=S) groups is 1. The van der Waals surface area contributed by atoms with Gasteiger partial charge in [-0.3, -0.25) is 15.0 Å². The number of rotatable bonds is 2. The highest BCUT2D eigenvalue weighted by atomic mass is 32.1. The Labute approximate surface area is 152 Å². The van der Waals surface area contributed by atoms with E-state index < -0.39 is 29.3 Å². The molecule has 1 aromatic rings. The van der Waals surface area contributed by atoms with E-state index in [0.717, 1.165) is 23.1 Å². The zero-order chi connectivity index (χ0) is 19.9. The molecule has 10 heteroatoms. The molecule has 1 aliphatic rings. The average molecular weight is 387 g/mol. The van der Waals surface area contributed by atoms with E-state index in [0.29, 0.717) is 0 Å². The molecule has 1 heterocycles. The molecule has 3 N–H and O–H groups in total. The van der Waals surface area contributed by atoms with Crippen LogP contribution in [0.2, 0.25) is 0 Å². The van der Waals surface area contributed by atoms with E-state index in [1.54, 1.807) is 20.8 Å². The second-order valence-corrected chi connectivity index (χ2v) is 6.93. The van der Waals surface area contributed by atoms with Crippen molar-refractivity contribution in [2.24, 2.45) is 0 Å². The predicted octanol–water partition coefficient (Wildman–Crippen LogP) is 3.33. The molecule has 0 saturated carbocycles. The van der Waals surface area contributed by atoms with Gasteiger partial charge in [0.15, 0.2) is 5.11 Å². The van der Waals surface area contributed by atoms with Gasteiger partial charge in [-0.25, -0.2) is 4.79 Å². The number of amides is 2. The first-order valence-corrected chi connectivity index (χ1v) is 7.80. The summed E-state index contributed by atoms with van der Waals surface area (Å²) in [6, 6.07) is 2.68. The van der Waals surface area contributed by atoms with Crippen LogP contribution < -0.4 is 15.5 Å². The van der Waals surface area contributed by atoms with Crippen molar-refractivity contribution in [3.05, 3.63) is 35.0 Å². The highest BCUT2D eigenvalue weighted by Crippen LogP contribution is 2.36. The van der Waals surface area contributed by atoms with Crippen LogP contribution in [0.4, 0.5) is 23.7 Å². The SMILES string of the molecule is CC(C)(C)N(C(=O)O)c1cc(C(F)(F)F)ccc1C=C1NC(=S)NC1=O. The molecule has 0 atom stereocenters. The van der Waals surface area contributed by atoms with Gasteiger partial charge >= 0.3 is 12.3 Å². The molecule has 140 valence electrons. The maximum atomic E-state index is 13.1. The first-order chi connectivity index (χ1) is 11.8. The Hall–Kier alpha value is -2.62. The molecule has 0 unspecified atom stereocenters. The van der Waals surface area contributed by atoms with Crippen LogP contribution in [0.15, 0.2) is 23.9 Å².